The maximum absolute atomic E-state index is 11.0. The standard InChI is InChI=1S/C13H15N3O3/c1-13(2,8-17)15-11-3-4-12(16(18)19)10-7-14-6-5-9(10)11/h3-7,15,17H,8H2,1-2H3. The van der Waals surface area contributed by atoms with E-state index in [1.165, 1.54) is 12.3 Å². The predicted molar refractivity (Wildman–Crippen MR) is 73.2 cm³/mol. The summed E-state index contributed by atoms with van der Waals surface area (Å²) in [6.07, 6.45) is 3.06. The minimum absolute atomic E-state index is 0.0236. The zero-order valence-corrected chi connectivity index (χ0v) is 10.8. The molecular weight excluding hydrogens is 246 g/mol. The second-order valence-corrected chi connectivity index (χ2v) is 4.98. The van der Waals surface area contributed by atoms with Gasteiger partial charge in [-0.2, -0.15) is 0 Å². The van der Waals surface area contributed by atoms with E-state index < -0.39 is 10.5 Å². The molecule has 0 unspecified atom stereocenters. The maximum atomic E-state index is 11.0. The van der Waals surface area contributed by atoms with Crippen molar-refractivity contribution in [2.45, 2.75) is 19.4 Å². The Kier molecular flexibility index (Phi) is 3.35. The van der Waals surface area contributed by atoms with Gasteiger partial charge in [0.25, 0.3) is 5.69 Å². The molecule has 0 fully saturated rings. The van der Waals surface area contributed by atoms with Crippen LogP contribution in [0.2, 0.25) is 0 Å². The fourth-order valence-corrected chi connectivity index (χ4v) is 1.85. The number of pyridine rings is 1. The molecule has 0 saturated carbocycles. The van der Waals surface area contributed by atoms with Gasteiger partial charge in [-0.15, -0.1) is 0 Å². The fraction of sp³-hybridized carbons (Fsp3) is 0.308. The van der Waals surface area contributed by atoms with Crippen molar-refractivity contribution in [3.8, 4) is 0 Å². The number of benzene rings is 1. The number of nitrogens with one attached hydrogen (secondary N) is 1. The van der Waals surface area contributed by atoms with Gasteiger partial charge < -0.3 is 10.4 Å². The van der Waals surface area contributed by atoms with E-state index in [1.807, 2.05) is 13.8 Å². The first-order valence-electron chi connectivity index (χ1n) is 5.85. The highest BCUT2D eigenvalue weighted by atomic mass is 16.6. The molecule has 1 aromatic carbocycles. The quantitative estimate of drug-likeness (QED) is 0.651. The van der Waals surface area contributed by atoms with Gasteiger partial charge in [0.1, 0.15) is 0 Å². The minimum Gasteiger partial charge on any atom is -0.394 e. The highest BCUT2D eigenvalue weighted by molar-refractivity contribution is 5.99. The average molecular weight is 261 g/mol. The van der Waals surface area contributed by atoms with Crippen molar-refractivity contribution >= 4 is 22.1 Å². The van der Waals surface area contributed by atoms with Crippen LogP contribution in [0.25, 0.3) is 10.8 Å². The van der Waals surface area contributed by atoms with E-state index in [1.54, 1.807) is 18.3 Å². The van der Waals surface area contributed by atoms with E-state index in [0.29, 0.717) is 10.8 Å². The van der Waals surface area contributed by atoms with Crippen LogP contribution >= 0.6 is 0 Å². The Balaban J connectivity index is 2.59. The molecule has 1 heterocycles. The van der Waals surface area contributed by atoms with Crippen molar-refractivity contribution in [2.24, 2.45) is 0 Å². The molecule has 2 aromatic rings. The minimum atomic E-state index is -0.508. The molecule has 0 aliphatic heterocycles. The average Bonchev–Trinajstić information content (AvgIpc) is 2.38. The summed E-state index contributed by atoms with van der Waals surface area (Å²) in [5.74, 6) is 0. The summed E-state index contributed by atoms with van der Waals surface area (Å²) in [6, 6.07) is 4.82. The van der Waals surface area contributed by atoms with Crippen LogP contribution in [0.1, 0.15) is 13.8 Å². The number of aliphatic hydroxyl groups is 1. The van der Waals surface area contributed by atoms with Crippen LogP contribution in [0.5, 0.6) is 0 Å². The molecule has 2 N–H and O–H groups in total. The number of aromatic nitrogens is 1. The van der Waals surface area contributed by atoms with Crippen molar-refractivity contribution in [1.29, 1.82) is 0 Å². The summed E-state index contributed by atoms with van der Waals surface area (Å²) in [4.78, 5) is 14.5. The monoisotopic (exact) mass is 261 g/mol. The number of nitrogens with zero attached hydrogens (tertiary/aromatic N) is 2. The van der Waals surface area contributed by atoms with E-state index in [2.05, 4.69) is 10.3 Å². The number of hydrogen-bond donors (Lipinski definition) is 2. The lowest BCUT2D eigenvalue weighted by Gasteiger charge is -2.25. The normalized spacial score (nSPS) is 11.5. The molecular formula is C13H15N3O3. The molecule has 0 saturated heterocycles. The molecule has 0 aliphatic carbocycles. The topological polar surface area (TPSA) is 88.3 Å². The van der Waals surface area contributed by atoms with E-state index >= 15 is 0 Å². The summed E-state index contributed by atoms with van der Waals surface area (Å²) < 4.78 is 0. The first-order chi connectivity index (χ1) is 8.94. The van der Waals surface area contributed by atoms with Crippen molar-refractivity contribution in [2.75, 3.05) is 11.9 Å². The van der Waals surface area contributed by atoms with Crippen LogP contribution in [0.3, 0.4) is 0 Å². The Hall–Kier alpha value is -2.21. The number of rotatable bonds is 4. The number of hydrogen-bond acceptors (Lipinski definition) is 5. The van der Waals surface area contributed by atoms with Gasteiger partial charge in [-0.25, -0.2) is 0 Å². The molecule has 2 rings (SSSR count). The molecule has 100 valence electrons. The van der Waals surface area contributed by atoms with Gasteiger partial charge in [0.15, 0.2) is 0 Å². The lowest BCUT2D eigenvalue weighted by atomic mass is 10.0. The smallest absolute Gasteiger partial charge is 0.278 e. The highest BCUT2D eigenvalue weighted by Crippen LogP contribution is 2.31. The van der Waals surface area contributed by atoms with Crippen LogP contribution in [-0.2, 0) is 0 Å². The van der Waals surface area contributed by atoms with Crippen molar-refractivity contribution in [1.82, 2.24) is 4.98 Å². The van der Waals surface area contributed by atoms with E-state index in [0.717, 1.165) is 5.69 Å². The maximum Gasteiger partial charge on any atom is 0.278 e. The predicted octanol–water partition coefficient (Wildman–Crippen LogP) is 2.33. The molecule has 0 aliphatic rings. The zero-order valence-electron chi connectivity index (χ0n) is 10.8. The second kappa shape index (κ2) is 4.81. The summed E-state index contributed by atoms with van der Waals surface area (Å²) in [5, 5.41) is 24.6. The number of nitro benzene ring substituents is 1. The van der Waals surface area contributed by atoms with E-state index in [9.17, 15) is 15.2 Å². The molecule has 0 amide bonds. The first kappa shape index (κ1) is 13.2. The summed E-state index contributed by atoms with van der Waals surface area (Å²) in [6.45, 7) is 3.65. The summed E-state index contributed by atoms with van der Waals surface area (Å²) in [7, 11) is 0. The second-order valence-electron chi connectivity index (χ2n) is 4.98. The Morgan fingerprint density at radius 3 is 2.74 bits per heavy atom. The van der Waals surface area contributed by atoms with Gasteiger partial charge in [0, 0.05) is 29.5 Å². The Morgan fingerprint density at radius 2 is 2.11 bits per heavy atom. The molecule has 0 bridgehead atoms. The number of fused-ring (bicyclic) bond motifs is 1. The Morgan fingerprint density at radius 1 is 1.37 bits per heavy atom. The molecule has 0 spiro atoms. The van der Waals surface area contributed by atoms with E-state index in [4.69, 9.17) is 0 Å². The summed E-state index contributed by atoms with van der Waals surface area (Å²) >= 11 is 0. The third-order valence-electron chi connectivity index (χ3n) is 2.86. The van der Waals surface area contributed by atoms with Crippen LogP contribution in [0, 0.1) is 10.1 Å². The lowest BCUT2D eigenvalue weighted by molar-refractivity contribution is -0.383. The Bertz CT molecular complexity index is 626. The summed E-state index contributed by atoms with van der Waals surface area (Å²) in [5.41, 5.74) is 0.254. The van der Waals surface area contributed by atoms with Crippen LogP contribution < -0.4 is 5.32 Å². The first-order valence-corrected chi connectivity index (χ1v) is 5.85. The van der Waals surface area contributed by atoms with Gasteiger partial charge in [-0.3, -0.25) is 15.1 Å². The third kappa shape index (κ3) is 2.63. The molecule has 0 atom stereocenters. The third-order valence-corrected chi connectivity index (χ3v) is 2.86. The van der Waals surface area contributed by atoms with Gasteiger partial charge in [-0.05, 0) is 26.0 Å². The molecule has 19 heavy (non-hydrogen) atoms. The SMILES string of the molecule is CC(C)(CO)Nc1ccc([N+](=O)[O-])c2cnccc12. The van der Waals surface area contributed by atoms with Crippen LogP contribution in [0.4, 0.5) is 11.4 Å². The number of nitro groups is 1. The van der Waals surface area contributed by atoms with Crippen LogP contribution in [0.15, 0.2) is 30.6 Å². The van der Waals surface area contributed by atoms with Crippen molar-refractivity contribution in [3.05, 3.63) is 40.7 Å². The van der Waals surface area contributed by atoms with Gasteiger partial charge in [-0.1, -0.05) is 0 Å². The van der Waals surface area contributed by atoms with Gasteiger partial charge in [0.05, 0.1) is 22.5 Å². The highest BCUT2D eigenvalue weighted by Gasteiger charge is 2.19. The number of aliphatic hydroxyl groups excluding tert-OH is 1. The molecule has 6 nitrogen and oxygen atoms in total. The fourth-order valence-electron chi connectivity index (χ4n) is 1.85. The van der Waals surface area contributed by atoms with E-state index in [-0.39, 0.29) is 12.3 Å². The zero-order chi connectivity index (χ0) is 14.0. The van der Waals surface area contributed by atoms with Crippen molar-refractivity contribution in [3.63, 3.8) is 0 Å². The van der Waals surface area contributed by atoms with Crippen molar-refractivity contribution < 1.29 is 10.0 Å². The Labute approximate surface area is 110 Å². The van der Waals surface area contributed by atoms with Gasteiger partial charge >= 0.3 is 0 Å². The van der Waals surface area contributed by atoms with Gasteiger partial charge in [0.2, 0.25) is 0 Å². The largest absolute Gasteiger partial charge is 0.394 e. The number of anilines is 1. The molecule has 0 radical (unpaired) electrons. The molecule has 1 aromatic heterocycles. The molecule has 6 heteroatoms. The number of non-ortho nitro benzene ring substituents is 1. The lowest BCUT2D eigenvalue weighted by Crippen LogP contribution is -2.34. The van der Waals surface area contributed by atoms with Crippen LogP contribution in [-0.4, -0.2) is 27.2 Å².